The second-order valence-corrected chi connectivity index (χ2v) is 5.67. The van der Waals surface area contributed by atoms with Crippen molar-refractivity contribution in [1.82, 2.24) is 15.5 Å². The van der Waals surface area contributed by atoms with Gasteiger partial charge in [0.05, 0.1) is 5.56 Å². The van der Waals surface area contributed by atoms with E-state index >= 15 is 0 Å². The number of nitrogens with one attached hydrogen (secondary N) is 1. The average molecular weight is 287 g/mol. The molecule has 0 unspecified atom stereocenters. The molecule has 0 aliphatic heterocycles. The lowest BCUT2D eigenvalue weighted by Gasteiger charge is -1.97. The van der Waals surface area contributed by atoms with Gasteiger partial charge < -0.3 is 9.73 Å². The van der Waals surface area contributed by atoms with E-state index in [-0.39, 0.29) is 0 Å². The Bertz CT molecular complexity index is 689. The van der Waals surface area contributed by atoms with E-state index in [0.717, 1.165) is 52.5 Å². The maximum absolute atomic E-state index is 5.55. The molecule has 0 atom stereocenters. The van der Waals surface area contributed by atoms with Crippen LogP contribution in [0.15, 0.2) is 34.9 Å². The van der Waals surface area contributed by atoms with Gasteiger partial charge in [-0.2, -0.15) is 0 Å². The molecular formula is C15H17N3OS. The highest BCUT2D eigenvalue weighted by atomic mass is 32.1. The third kappa shape index (κ3) is 2.73. The zero-order valence-corrected chi connectivity index (χ0v) is 12.2. The van der Waals surface area contributed by atoms with E-state index in [9.17, 15) is 0 Å². The Hall–Kier alpha value is -1.72. The highest BCUT2D eigenvalue weighted by Gasteiger charge is 2.12. The molecule has 1 N–H and O–H groups in total. The lowest BCUT2D eigenvalue weighted by Crippen LogP contribution is -2.14. The molecule has 0 bridgehead atoms. The summed E-state index contributed by atoms with van der Waals surface area (Å²) in [5, 5.41) is 15.0. The van der Waals surface area contributed by atoms with E-state index in [1.165, 1.54) is 0 Å². The lowest BCUT2D eigenvalue weighted by molar-refractivity contribution is 0.617. The first-order chi connectivity index (χ1) is 9.88. The first-order valence-corrected chi connectivity index (χ1v) is 7.70. The van der Waals surface area contributed by atoms with Gasteiger partial charge in [0, 0.05) is 11.8 Å². The summed E-state index contributed by atoms with van der Waals surface area (Å²) < 4.78 is 5.55. The first kappa shape index (κ1) is 13.3. The number of aryl methyl sites for hydroxylation is 1. The standard InChI is InChI=1S/C15H17N3OS/c1-2-16-9-5-8-14-17-18-15(20-14)12-10-19-13-7-4-3-6-11(12)13/h3-4,6-7,10,16H,2,5,8-9H2,1H3. The van der Waals surface area contributed by atoms with Crippen LogP contribution in [0.2, 0.25) is 0 Å². The van der Waals surface area contributed by atoms with Crippen LogP contribution in [-0.2, 0) is 6.42 Å². The Kier molecular flexibility index (Phi) is 4.08. The smallest absolute Gasteiger partial charge is 0.151 e. The summed E-state index contributed by atoms with van der Waals surface area (Å²) in [6.07, 6.45) is 3.84. The maximum atomic E-state index is 5.55. The van der Waals surface area contributed by atoms with Crippen molar-refractivity contribution in [3.8, 4) is 10.6 Å². The highest BCUT2D eigenvalue weighted by molar-refractivity contribution is 7.14. The molecule has 0 aliphatic carbocycles. The van der Waals surface area contributed by atoms with Crippen molar-refractivity contribution in [3.05, 3.63) is 35.5 Å². The van der Waals surface area contributed by atoms with Crippen molar-refractivity contribution in [2.45, 2.75) is 19.8 Å². The van der Waals surface area contributed by atoms with Crippen LogP contribution in [0.1, 0.15) is 18.4 Å². The van der Waals surface area contributed by atoms with Crippen molar-refractivity contribution in [2.75, 3.05) is 13.1 Å². The predicted molar refractivity (Wildman–Crippen MR) is 82.0 cm³/mol. The number of fused-ring (bicyclic) bond motifs is 1. The molecule has 3 rings (SSSR count). The van der Waals surface area contributed by atoms with Gasteiger partial charge in [0.1, 0.15) is 16.9 Å². The molecule has 0 spiro atoms. The Balaban J connectivity index is 1.76. The van der Waals surface area contributed by atoms with Gasteiger partial charge in [0.2, 0.25) is 0 Å². The Morgan fingerprint density at radius 3 is 3.05 bits per heavy atom. The summed E-state index contributed by atoms with van der Waals surface area (Å²) in [6, 6.07) is 8.01. The highest BCUT2D eigenvalue weighted by Crippen LogP contribution is 2.32. The molecule has 0 saturated carbocycles. The van der Waals surface area contributed by atoms with Gasteiger partial charge in [-0.3, -0.25) is 0 Å². The Morgan fingerprint density at radius 1 is 1.25 bits per heavy atom. The zero-order chi connectivity index (χ0) is 13.8. The minimum absolute atomic E-state index is 0.895. The topological polar surface area (TPSA) is 51.0 Å². The van der Waals surface area contributed by atoms with Gasteiger partial charge in [-0.15, -0.1) is 10.2 Å². The third-order valence-electron chi connectivity index (χ3n) is 3.17. The van der Waals surface area contributed by atoms with E-state index in [0.29, 0.717) is 0 Å². The molecule has 0 aliphatic rings. The molecule has 20 heavy (non-hydrogen) atoms. The number of nitrogens with zero attached hydrogens (tertiary/aromatic N) is 2. The lowest BCUT2D eigenvalue weighted by atomic mass is 10.2. The molecule has 3 aromatic rings. The summed E-state index contributed by atoms with van der Waals surface area (Å²) in [7, 11) is 0. The number of para-hydroxylation sites is 1. The van der Waals surface area contributed by atoms with Crippen LogP contribution < -0.4 is 5.32 Å². The fourth-order valence-electron chi connectivity index (χ4n) is 2.15. The average Bonchev–Trinajstić information content (AvgIpc) is 3.10. The van der Waals surface area contributed by atoms with Crippen molar-refractivity contribution < 1.29 is 4.42 Å². The van der Waals surface area contributed by atoms with E-state index in [4.69, 9.17) is 4.42 Å². The minimum atomic E-state index is 0.895. The largest absolute Gasteiger partial charge is 0.464 e. The Labute approximate surface area is 121 Å². The molecule has 2 aromatic heterocycles. The Morgan fingerprint density at radius 2 is 2.15 bits per heavy atom. The van der Waals surface area contributed by atoms with Crippen LogP contribution in [-0.4, -0.2) is 23.3 Å². The fraction of sp³-hybridized carbons (Fsp3) is 0.333. The molecule has 104 valence electrons. The van der Waals surface area contributed by atoms with Gasteiger partial charge in [-0.25, -0.2) is 0 Å². The van der Waals surface area contributed by atoms with Gasteiger partial charge >= 0.3 is 0 Å². The van der Waals surface area contributed by atoms with Crippen molar-refractivity contribution in [1.29, 1.82) is 0 Å². The number of furan rings is 1. The quantitative estimate of drug-likeness (QED) is 0.705. The van der Waals surface area contributed by atoms with E-state index < -0.39 is 0 Å². The number of aromatic nitrogens is 2. The summed E-state index contributed by atoms with van der Waals surface area (Å²) in [5.74, 6) is 0. The van der Waals surface area contributed by atoms with Crippen LogP contribution in [0.4, 0.5) is 0 Å². The van der Waals surface area contributed by atoms with Crippen LogP contribution in [0, 0.1) is 0 Å². The normalized spacial score (nSPS) is 11.2. The monoisotopic (exact) mass is 287 g/mol. The van der Waals surface area contributed by atoms with Crippen LogP contribution in [0.5, 0.6) is 0 Å². The molecule has 1 aromatic carbocycles. The maximum Gasteiger partial charge on any atom is 0.151 e. The number of hydrogen-bond donors (Lipinski definition) is 1. The molecule has 0 saturated heterocycles. The zero-order valence-electron chi connectivity index (χ0n) is 11.4. The van der Waals surface area contributed by atoms with Gasteiger partial charge in [0.25, 0.3) is 0 Å². The van der Waals surface area contributed by atoms with Crippen molar-refractivity contribution in [2.24, 2.45) is 0 Å². The van der Waals surface area contributed by atoms with E-state index in [1.807, 2.05) is 18.2 Å². The molecule has 0 fully saturated rings. The van der Waals surface area contributed by atoms with E-state index in [2.05, 4.69) is 28.5 Å². The second-order valence-electron chi connectivity index (χ2n) is 4.60. The molecule has 2 heterocycles. The van der Waals surface area contributed by atoms with Crippen LogP contribution in [0.3, 0.4) is 0 Å². The van der Waals surface area contributed by atoms with Gasteiger partial charge in [-0.1, -0.05) is 36.5 Å². The molecule has 0 radical (unpaired) electrons. The first-order valence-electron chi connectivity index (χ1n) is 6.88. The van der Waals surface area contributed by atoms with Gasteiger partial charge in [-0.05, 0) is 25.6 Å². The van der Waals surface area contributed by atoms with Crippen LogP contribution >= 0.6 is 11.3 Å². The SMILES string of the molecule is CCNCCCc1nnc(-c2coc3ccccc23)s1. The van der Waals surface area contributed by atoms with Gasteiger partial charge in [0.15, 0.2) is 5.01 Å². The summed E-state index contributed by atoms with van der Waals surface area (Å²) in [4.78, 5) is 0. The molecule has 5 heteroatoms. The summed E-state index contributed by atoms with van der Waals surface area (Å²) in [6.45, 7) is 4.16. The second kappa shape index (κ2) is 6.15. The number of benzene rings is 1. The van der Waals surface area contributed by atoms with E-state index in [1.54, 1.807) is 17.6 Å². The number of hydrogen-bond acceptors (Lipinski definition) is 5. The number of rotatable bonds is 6. The molecule has 0 amide bonds. The summed E-state index contributed by atoms with van der Waals surface area (Å²) in [5.41, 5.74) is 1.93. The minimum Gasteiger partial charge on any atom is -0.464 e. The summed E-state index contributed by atoms with van der Waals surface area (Å²) >= 11 is 1.65. The molecular weight excluding hydrogens is 270 g/mol. The van der Waals surface area contributed by atoms with Crippen molar-refractivity contribution >= 4 is 22.3 Å². The fourth-order valence-corrected chi connectivity index (χ4v) is 3.05. The van der Waals surface area contributed by atoms with Crippen molar-refractivity contribution in [3.63, 3.8) is 0 Å². The molecule has 4 nitrogen and oxygen atoms in total. The predicted octanol–water partition coefficient (Wildman–Crippen LogP) is 3.49. The van der Waals surface area contributed by atoms with Crippen LogP contribution in [0.25, 0.3) is 21.5 Å². The third-order valence-corrected chi connectivity index (χ3v) is 4.19.